The van der Waals surface area contributed by atoms with Crippen molar-refractivity contribution < 1.29 is 19.4 Å². The fourth-order valence-corrected chi connectivity index (χ4v) is 1.89. The van der Waals surface area contributed by atoms with Crippen LogP contribution in [0.1, 0.15) is 13.8 Å². The highest BCUT2D eigenvalue weighted by molar-refractivity contribution is 5.92. The van der Waals surface area contributed by atoms with Gasteiger partial charge >= 0.3 is 5.97 Å². The quantitative estimate of drug-likeness (QED) is 0.507. The predicted molar refractivity (Wildman–Crippen MR) is 53.1 cm³/mol. The first-order valence-electron chi connectivity index (χ1n) is 5.02. The topological polar surface area (TPSA) is 55.8 Å². The third-order valence-corrected chi connectivity index (χ3v) is 2.63. The maximum atomic E-state index is 11.3. The first-order valence-corrected chi connectivity index (χ1v) is 5.02. The number of esters is 1. The van der Waals surface area contributed by atoms with Gasteiger partial charge < -0.3 is 14.6 Å². The van der Waals surface area contributed by atoms with Gasteiger partial charge in [0.05, 0.1) is 5.57 Å². The van der Waals surface area contributed by atoms with Crippen molar-refractivity contribution in [1.82, 2.24) is 0 Å². The Balaban J connectivity index is 2.26. The highest BCUT2D eigenvalue weighted by Crippen LogP contribution is 2.30. The molecular formula is C11H14O4. The summed E-state index contributed by atoms with van der Waals surface area (Å²) in [6.45, 7) is 3.64. The van der Waals surface area contributed by atoms with E-state index in [-0.39, 0.29) is 24.3 Å². The SMILES string of the molecule is C/C=C/[C@H]1O[C@H]2C(=C[C@H]1O)C(=O)O[C@@H]2C. The van der Waals surface area contributed by atoms with Crippen LogP contribution < -0.4 is 0 Å². The molecular weight excluding hydrogens is 196 g/mol. The Morgan fingerprint density at radius 3 is 2.93 bits per heavy atom. The highest BCUT2D eigenvalue weighted by atomic mass is 16.6. The summed E-state index contributed by atoms with van der Waals surface area (Å²) in [5.41, 5.74) is 0.441. The van der Waals surface area contributed by atoms with Crippen LogP contribution in [0.5, 0.6) is 0 Å². The number of carbonyl (C=O) groups excluding carboxylic acids is 1. The van der Waals surface area contributed by atoms with Gasteiger partial charge in [-0.1, -0.05) is 12.2 Å². The van der Waals surface area contributed by atoms with E-state index < -0.39 is 6.10 Å². The fraction of sp³-hybridized carbons (Fsp3) is 0.545. The first kappa shape index (κ1) is 10.4. The van der Waals surface area contributed by atoms with E-state index in [9.17, 15) is 9.90 Å². The number of hydrogen-bond acceptors (Lipinski definition) is 4. The molecule has 1 saturated heterocycles. The Hall–Kier alpha value is -1.13. The summed E-state index contributed by atoms with van der Waals surface area (Å²) >= 11 is 0. The second-order valence-corrected chi connectivity index (χ2v) is 3.77. The number of hydrogen-bond donors (Lipinski definition) is 1. The van der Waals surface area contributed by atoms with Crippen molar-refractivity contribution in [3.8, 4) is 0 Å². The molecule has 4 heteroatoms. The van der Waals surface area contributed by atoms with Crippen molar-refractivity contribution in [3.05, 3.63) is 23.8 Å². The van der Waals surface area contributed by atoms with Crippen molar-refractivity contribution in [3.63, 3.8) is 0 Å². The number of rotatable bonds is 1. The van der Waals surface area contributed by atoms with Crippen LogP contribution in [-0.2, 0) is 14.3 Å². The third kappa shape index (κ3) is 1.70. The van der Waals surface area contributed by atoms with E-state index in [1.54, 1.807) is 13.0 Å². The maximum Gasteiger partial charge on any atom is 0.336 e. The minimum absolute atomic E-state index is 0.274. The summed E-state index contributed by atoms with van der Waals surface area (Å²) in [4.78, 5) is 11.3. The molecule has 0 aromatic heterocycles. The molecule has 2 aliphatic heterocycles. The van der Waals surface area contributed by atoms with Gasteiger partial charge in [-0.05, 0) is 19.9 Å². The Labute approximate surface area is 88.2 Å². The number of carbonyl (C=O) groups is 1. The summed E-state index contributed by atoms with van der Waals surface area (Å²) in [5, 5.41) is 9.69. The zero-order valence-corrected chi connectivity index (χ0v) is 8.71. The molecule has 2 heterocycles. The van der Waals surface area contributed by atoms with Crippen LogP contribution in [0.25, 0.3) is 0 Å². The van der Waals surface area contributed by atoms with Gasteiger partial charge in [-0.3, -0.25) is 0 Å². The number of aliphatic hydroxyl groups is 1. The van der Waals surface area contributed by atoms with E-state index in [4.69, 9.17) is 9.47 Å². The molecule has 0 bridgehead atoms. The molecule has 0 saturated carbocycles. The lowest BCUT2D eigenvalue weighted by molar-refractivity contribution is -0.139. The molecule has 2 aliphatic rings. The zero-order valence-electron chi connectivity index (χ0n) is 8.71. The van der Waals surface area contributed by atoms with E-state index in [0.717, 1.165) is 0 Å². The molecule has 82 valence electrons. The fourth-order valence-electron chi connectivity index (χ4n) is 1.89. The monoisotopic (exact) mass is 210 g/mol. The first-order chi connectivity index (χ1) is 7.13. The van der Waals surface area contributed by atoms with Gasteiger partial charge in [-0.15, -0.1) is 0 Å². The molecule has 15 heavy (non-hydrogen) atoms. The molecule has 0 aliphatic carbocycles. The molecule has 4 nitrogen and oxygen atoms in total. The lowest BCUT2D eigenvalue weighted by Crippen LogP contribution is -2.38. The lowest BCUT2D eigenvalue weighted by atomic mass is 10.00. The maximum absolute atomic E-state index is 11.3. The smallest absolute Gasteiger partial charge is 0.336 e. The summed E-state index contributed by atoms with van der Waals surface area (Å²) in [5.74, 6) is -0.384. The average molecular weight is 210 g/mol. The van der Waals surface area contributed by atoms with Crippen LogP contribution in [-0.4, -0.2) is 35.5 Å². The number of cyclic esters (lactones) is 1. The van der Waals surface area contributed by atoms with Crippen molar-refractivity contribution in [2.75, 3.05) is 0 Å². The molecule has 2 rings (SSSR count). The van der Waals surface area contributed by atoms with Crippen LogP contribution in [0, 0.1) is 0 Å². The second kappa shape index (κ2) is 3.79. The minimum atomic E-state index is -0.773. The van der Waals surface area contributed by atoms with Gasteiger partial charge in [0.25, 0.3) is 0 Å². The Kier molecular flexibility index (Phi) is 2.63. The summed E-state index contributed by atoms with van der Waals surface area (Å²) in [6, 6.07) is 0. The molecule has 0 unspecified atom stereocenters. The number of aliphatic hydroxyl groups excluding tert-OH is 1. The highest BCUT2D eigenvalue weighted by Gasteiger charge is 2.43. The summed E-state index contributed by atoms with van der Waals surface area (Å²) in [7, 11) is 0. The van der Waals surface area contributed by atoms with Crippen molar-refractivity contribution in [2.24, 2.45) is 0 Å². The Morgan fingerprint density at radius 2 is 2.27 bits per heavy atom. The van der Waals surface area contributed by atoms with Crippen LogP contribution in [0.2, 0.25) is 0 Å². The number of ether oxygens (including phenoxy) is 2. The minimum Gasteiger partial charge on any atom is -0.456 e. The summed E-state index contributed by atoms with van der Waals surface area (Å²) < 4.78 is 10.6. The van der Waals surface area contributed by atoms with Gasteiger partial charge in [0.15, 0.2) is 0 Å². The standard InChI is InChI=1S/C11H14O4/c1-3-4-9-8(12)5-7-10(15-9)6(2)14-11(7)13/h3-6,8-10,12H,1-2H3/b4-3+/t6-,8-,9-,10-/m1/s1. The Morgan fingerprint density at radius 1 is 1.53 bits per heavy atom. The van der Waals surface area contributed by atoms with Gasteiger partial charge in [-0.2, -0.15) is 0 Å². The molecule has 4 atom stereocenters. The van der Waals surface area contributed by atoms with E-state index >= 15 is 0 Å². The normalized spacial score (nSPS) is 40.2. The van der Waals surface area contributed by atoms with Gasteiger partial charge in [0.2, 0.25) is 0 Å². The summed E-state index contributed by atoms with van der Waals surface area (Å²) in [6.07, 6.45) is 3.34. The van der Waals surface area contributed by atoms with E-state index in [1.807, 2.05) is 13.0 Å². The molecule has 0 amide bonds. The molecule has 1 fully saturated rings. The second-order valence-electron chi connectivity index (χ2n) is 3.77. The van der Waals surface area contributed by atoms with Crippen LogP contribution in [0.4, 0.5) is 0 Å². The lowest BCUT2D eigenvalue weighted by Gasteiger charge is -2.28. The largest absolute Gasteiger partial charge is 0.456 e. The van der Waals surface area contributed by atoms with Crippen molar-refractivity contribution in [1.29, 1.82) is 0 Å². The van der Waals surface area contributed by atoms with E-state index in [1.165, 1.54) is 6.08 Å². The molecule has 0 aromatic carbocycles. The van der Waals surface area contributed by atoms with E-state index in [2.05, 4.69) is 0 Å². The van der Waals surface area contributed by atoms with Gasteiger partial charge in [0.1, 0.15) is 24.4 Å². The van der Waals surface area contributed by atoms with Crippen molar-refractivity contribution in [2.45, 2.75) is 38.3 Å². The Bertz CT molecular complexity index is 331. The molecule has 0 spiro atoms. The number of allylic oxidation sites excluding steroid dienone is 1. The molecule has 1 N–H and O–H groups in total. The molecule has 0 aromatic rings. The number of fused-ring (bicyclic) bond motifs is 1. The van der Waals surface area contributed by atoms with Crippen LogP contribution in [0.3, 0.4) is 0 Å². The van der Waals surface area contributed by atoms with Gasteiger partial charge in [-0.25, -0.2) is 4.79 Å². The zero-order chi connectivity index (χ0) is 11.0. The molecule has 0 radical (unpaired) electrons. The van der Waals surface area contributed by atoms with Crippen molar-refractivity contribution >= 4 is 5.97 Å². The van der Waals surface area contributed by atoms with Gasteiger partial charge in [0, 0.05) is 0 Å². The predicted octanol–water partition coefficient (Wildman–Crippen LogP) is 0.562. The van der Waals surface area contributed by atoms with Crippen LogP contribution in [0.15, 0.2) is 23.8 Å². The third-order valence-electron chi connectivity index (χ3n) is 2.63. The average Bonchev–Trinajstić information content (AvgIpc) is 2.44. The van der Waals surface area contributed by atoms with Crippen LogP contribution >= 0.6 is 0 Å². The van der Waals surface area contributed by atoms with E-state index in [0.29, 0.717) is 5.57 Å².